The molecular weight excluding hydrogens is 246 g/mol. The highest BCUT2D eigenvalue weighted by atomic mass is 15.1. The first kappa shape index (κ1) is 12.6. The summed E-state index contributed by atoms with van der Waals surface area (Å²) in [7, 11) is 6.14. The van der Waals surface area contributed by atoms with Crippen LogP contribution in [0.1, 0.15) is 0 Å². The standard InChI is InChI=1S/C17H19N3/c1-18-13-7-6-8-14(11-13)20(3)17-12-19(2)16-10-5-4-9-15(16)17/h4-12,18H,1-3H3. The molecule has 3 nitrogen and oxygen atoms in total. The molecule has 0 aliphatic heterocycles. The van der Waals surface area contributed by atoms with Crippen molar-refractivity contribution >= 4 is 28.0 Å². The Hall–Kier alpha value is -2.42. The van der Waals surface area contributed by atoms with Gasteiger partial charge in [-0.1, -0.05) is 24.3 Å². The Kier molecular flexibility index (Phi) is 3.11. The van der Waals surface area contributed by atoms with Crippen molar-refractivity contribution in [1.82, 2.24) is 4.57 Å². The summed E-state index contributed by atoms with van der Waals surface area (Å²) in [6.45, 7) is 0. The SMILES string of the molecule is CNc1cccc(N(C)c2cn(C)c3ccccc23)c1. The van der Waals surface area contributed by atoms with E-state index in [-0.39, 0.29) is 0 Å². The van der Waals surface area contributed by atoms with Gasteiger partial charge >= 0.3 is 0 Å². The number of para-hydroxylation sites is 1. The molecular formula is C17H19N3. The molecule has 2 aromatic carbocycles. The van der Waals surface area contributed by atoms with Gasteiger partial charge in [0.05, 0.1) is 5.69 Å². The fourth-order valence-corrected chi connectivity index (χ4v) is 2.60. The Labute approximate surface area is 119 Å². The average molecular weight is 265 g/mol. The van der Waals surface area contributed by atoms with Crippen LogP contribution in [0.5, 0.6) is 0 Å². The lowest BCUT2D eigenvalue weighted by Crippen LogP contribution is -2.09. The Morgan fingerprint density at radius 1 is 1.05 bits per heavy atom. The van der Waals surface area contributed by atoms with Crippen molar-refractivity contribution in [3.05, 3.63) is 54.7 Å². The van der Waals surface area contributed by atoms with E-state index in [1.54, 1.807) is 0 Å². The van der Waals surface area contributed by atoms with E-state index in [1.165, 1.54) is 22.3 Å². The lowest BCUT2D eigenvalue weighted by molar-refractivity contribution is 0.965. The minimum atomic E-state index is 1.12. The molecule has 3 aromatic rings. The average Bonchev–Trinajstić information content (AvgIpc) is 2.84. The predicted octanol–water partition coefficient (Wildman–Crippen LogP) is 3.99. The van der Waals surface area contributed by atoms with Crippen LogP contribution in [0.15, 0.2) is 54.7 Å². The number of nitrogens with one attached hydrogen (secondary N) is 1. The van der Waals surface area contributed by atoms with Crippen LogP contribution < -0.4 is 10.2 Å². The molecule has 0 amide bonds. The number of nitrogens with zero attached hydrogens (tertiary/aromatic N) is 2. The maximum absolute atomic E-state index is 3.18. The fourth-order valence-electron chi connectivity index (χ4n) is 2.60. The maximum atomic E-state index is 3.18. The first-order valence-electron chi connectivity index (χ1n) is 6.76. The predicted molar refractivity (Wildman–Crippen MR) is 87.0 cm³/mol. The molecule has 0 unspecified atom stereocenters. The Balaban J connectivity index is 2.10. The van der Waals surface area contributed by atoms with Crippen LogP contribution in [0.25, 0.3) is 10.9 Å². The summed E-state index contributed by atoms with van der Waals surface area (Å²) in [5.74, 6) is 0. The number of hydrogen-bond acceptors (Lipinski definition) is 2. The molecule has 1 aromatic heterocycles. The van der Waals surface area contributed by atoms with Crippen molar-refractivity contribution in [3.8, 4) is 0 Å². The van der Waals surface area contributed by atoms with E-state index in [0.717, 1.165) is 5.69 Å². The third-order valence-corrected chi connectivity index (χ3v) is 3.76. The zero-order chi connectivity index (χ0) is 14.1. The van der Waals surface area contributed by atoms with Gasteiger partial charge in [0.2, 0.25) is 0 Å². The molecule has 3 heteroatoms. The molecule has 3 rings (SSSR count). The minimum Gasteiger partial charge on any atom is -0.388 e. The quantitative estimate of drug-likeness (QED) is 0.772. The van der Waals surface area contributed by atoms with Crippen molar-refractivity contribution < 1.29 is 0 Å². The Bertz CT molecular complexity index is 743. The van der Waals surface area contributed by atoms with Crippen molar-refractivity contribution in [2.45, 2.75) is 0 Å². The molecule has 0 fully saturated rings. The second-order valence-electron chi connectivity index (χ2n) is 5.00. The van der Waals surface area contributed by atoms with Gasteiger partial charge in [-0.3, -0.25) is 0 Å². The van der Waals surface area contributed by atoms with E-state index < -0.39 is 0 Å². The van der Waals surface area contributed by atoms with Crippen LogP contribution in [-0.4, -0.2) is 18.7 Å². The summed E-state index contributed by atoms with van der Waals surface area (Å²) < 4.78 is 2.17. The second-order valence-corrected chi connectivity index (χ2v) is 5.00. The van der Waals surface area contributed by atoms with Crippen molar-refractivity contribution in [3.63, 3.8) is 0 Å². The number of rotatable bonds is 3. The largest absolute Gasteiger partial charge is 0.388 e. The zero-order valence-electron chi connectivity index (χ0n) is 12.1. The highest BCUT2D eigenvalue weighted by Gasteiger charge is 2.11. The third kappa shape index (κ3) is 2.01. The summed E-state index contributed by atoms with van der Waals surface area (Å²) in [6.07, 6.45) is 2.18. The highest BCUT2D eigenvalue weighted by Crippen LogP contribution is 2.33. The lowest BCUT2D eigenvalue weighted by atomic mass is 10.2. The molecule has 0 atom stereocenters. The van der Waals surface area contributed by atoms with Gasteiger partial charge in [-0.05, 0) is 24.3 Å². The zero-order valence-corrected chi connectivity index (χ0v) is 12.1. The number of anilines is 3. The molecule has 20 heavy (non-hydrogen) atoms. The smallest absolute Gasteiger partial charge is 0.0667 e. The fraction of sp³-hybridized carbons (Fsp3) is 0.176. The van der Waals surface area contributed by atoms with Gasteiger partial charge in [-0.15, -0.1) is 0 Å². The number of benzene rings is 2. The summed E-state index contributed by atoms with van der Waals surface area (Å²) in [6, 6.07) is 16.9. The number of aryl methyl sites for hydroxylation is 1. The molecule has 0 saturated carbocycles. The summed E-state index contributed by atoms with van der Waals surface area (Å²) in [5.41, 5.74) is 4.76. The van der Waals surface area contributed by atoms with E-state index in [9.17, 15) is 0 Å². The first-order valence-corrected chi connectivity index (χ1v) is 6.76. The van der Waals surface area contributed by atoms with Crippen molar-refractivity contribution in [2.75, 3.05) is 24.3 Å². The van der Waals surface area contributed by atoms with E-state index in [4.69, 9.17) is 0 Å². The molecule has 0 bridgehead atoms. The van der Waals surface area contributed by atoms with Crippen LogP contribution in [0.2, 0.25) is 0 Å². The van der Waals surface area contributed by atoms with Crippen LogP contribution >= 0.6 is 0 Å². The number of aromatic nitrogens is 1. The molecule has 1 heterocycles. The van der Waals surface area contributed by atoms with Gasteiger partial charge < -0.3 is 14.8 Å². The molecule has 0 spiro atoms. The summed E-state index contributed by atoms with van der Waals surface area (Å²) in [4.78, 5) is 2.23. The van der Waals surface area contributed by atoms with Gasteiger partial charge in [-0.25, -0.2) is 0 Å². The van der Waals surface area contributed by atoms with Gasteiger partial charge in [0.15, 0.2) is 0 Å². The molecule has 0 saturated heterocycles. The van der Waals surface area contributed by atoms with Gasteiger partial charge in [0, 0.05) is 49.6 Å². The second kappa shape index (κ2) is 4.93. The van der Waals surface area contributed by atoms with E-state index >= 15 is 0 Å². The monoisotopic (exact) mass is 265 g/mol. The summed E-state index contributed by atoms with van der Waals surface area (Å²) in [5, 5.41) is 4.45. The van der Waals surface area contributed by atoms with Gasteiger partial charge in [-0.2, -0.15) is 0 Å². The Morgan fingerprint density at radius 3 is 2.65 bits per heavy atom. The van der Waals surface area contributed by atoms with E-state index in [1.807, 2.05) is 7.05 Å². The van der Waals surface area contributed by atoms with Crippen LogP contribution in [-0.2, 0) is 7.05 Å². The molecule has 0 aliphatic rings. The maximum Gasteiger partial charge on any atom is 0.0667 e. The Morgan fingerprint density at radius 2 is 1.85 bits per heavy atom. The van der Waals surface area contributed by atoms with Crippen LogP contribution in [0.4, 0.5) is 17.1 Å². The van der Waals surface area contributed by atoms with Gasteiger partial charge in [0.1, 0.15) is 0 Å². The van der Waals surface area contributed by atoms with Crippen LogP contribution in [0, 0.1) is 0 Å². The topological polar surface area (TPSA) is 20.2 Å². The first-order chi connectivity index (χ1) is 9.70. The molecule has 0 radical (unpaired) electrons. The summed E-state index contributed by atoms with van der Waals surface area (Å²) >= 11 is 0. The van der Waals surface area contributed by atoms with Crippen molar-refractivity contribution in [2.24, 2.45) is 7.05 Å². The number of fused-ring (bicyclic) bond motifs is 1. The van der Waals surface area contributed by atoms with Crippen LogP contribution in [0.3, 0.4) is 0 Å². The third-order valence-electron chi connectivity index (χ3n) is 3.76. The number of hydrogen-bond donors (Lipinski definition) is 1. The minimum absolute atomic E-state index is 1.12. The van der Waals surface area contributed by atoms with E-state index in [0.29, 0.717) is 0 Å². The van der Waals surface area contributed by atoms with Gasteiger partial charge in [0.25, 0.3) is 0 Å². The molecule has 0 aliphatic carbocycles. The molecule has 102 valence electrons. The lowest BCUT2D eigenvalue weighted by Gasteiger charge is -2.19. The van der Waals surface area contributed by atoms with E-state index in [2.05, 4.69) is 83.6 Å². The normalized spacial score (nSPS) is 10.8. The van der Waals surface area contributed by atoms with Crippen molar-refractivity contribution in [1.29, 1.82) is 0 Å². The highest BCUT2D eigenvalue weighted by molar-refractivity contribution is 5.95. The molecule has 1 N–H and O–H groups in total.